The van der Waals surface area contributed by atoms with E-state index in [1.807, 2.05) is 36.6 Å². The molecule has 1 aromatic carbocycles. The molecule has 2 aromatic rings. The number of imidazole rings is 1. The highest BCUT2D eigenvalue weighted by molar-refractivity contribution is 5.28. The summed E-state index contributed by atoms with van der Waals surface area (Å²) in [6.07, 6.45) is 3.43. The molecule has 2 unspecified atom stereocenters. The fraction of sp³-hybridized carbons (Fsp3) is 0.286. The summed E-state index contributed by atoms with van der Waals surface area (Å²) in [7, 11) is 0. The Morgan fingerprint density at radius 1 is 1.44 bits per heavy atom. The maximum absolute atomic E-state index is 9.07. The van der Waals surface area contributed by atoms with Crippen LogP contribution in [0.4, 0.5) is 0 Å². The monoisotopic (exact) mass is 240 g/mol. The molecule has 4 nitrogen and oxygen atoms in total. The fourth-order valence-electron chi connectivity index (χ4n) is 2.20. The zero-order chi connectivity index (χ0) is 13.1. The third-order valence-corrected chi connectivity index (χ3v) is 2.95. The summed E-state index contributed by atoms with van der Waals surface area (Å²) < 4.78 is 1.83. The number of nitrogens with two attached hydrogens (primary N) is 1. The van der Waals surface area contributed by atoms with Gasteiger partial charge < -0.3 is 10.3 Å². The fourth-order valence-corrected chi connectivity index (χ4v) is 2.20. The second-order valence-electron chi connectivity index (χ2n) is 4.49. The number of aryl methyl sites for hydroxylation is 1. The Balaban J connectivity index is 2.51. The Labute approximate surface area is 107 Å². The van der Waals surface area contributed by atoms with Crippen molar-refractivity contribution in [2.24, 2.45) is 5.73 Å². The number of nitriles is 1. The van der Waals surface area contributed by atoms with Crippen molar-refractivity contribution in [2.75, 3.05) is 0 Å². The summed E-state index contributed by atoms with van der Waals surface area (Å²) >= 11 is 0. The quantitative estimate of drug-likeness (QED) is 0.892. The molecular weight excluding hydrogens is 224 g/mol. The Bertz CT molecular complexity index is 577. The van der Waals surface area contributed by atoms with Gasteiger partial charge in [0.15, 0.2) is 0 Å². The Morgan fingerprint density at radius 2 is 2.22 bits per heavy atom. The predicted octanol–water partition coefficient (Wildman–Crippen LogP) is 2.00. The minimum atomic E-state index is -0.104. The van der Waals surface area contributed by atoms with Crippen LogP contribution in [0.5, 0.6) is 0 Å². The van der Waals surface area contributed by atoms with Crippen LogP contribution in [0.3, 0.4) is 0 Å². The lowest BCUT2D eigenvalue weighted by Gasteiger charge is -2.23. The van der Waals surface area contributed by atoms with Crippen molar-refractivity contribution in [3.05, 3.63) is 53.6 Å². The number of nitrogens with zero attached hydrogens (tertiary/aromatic N) is 3. The summed E-state index contributed by atoms with van der Waals surface area (Å²) in [6.45, 7) is 3.98. The van der Waals surface area contributed by atoms with E-state index in [1.165, 1.54) is 5.56 Å². The lowest BCUT2D eigenvalue weighted by atomic mass is 9.99. The minimum absolute atomic E-state index is 0.0675. The van der Waals surface area contributed by atoms with Crippen LogP contribution < -0.4 is 5.73 Å². The highest BCUT2D eigenvalue weighted by atomic mass is 15.1. The maximum Gasteiger partial charge on any atom is 0.213 e. The third-order valence-electron chi connectivity index (χ3n) is 2.95. The van der Waals surface area contributed by atoms with Gasteiger partial charge in [0.2, 0.25) is 5.82 Å². The number of hydrogen-bond acceptors (Lipinski definition) is 3. The minimum Gasteiger partial charge on any atom is -0.326 e. The SMILES string of the molecule is Cc1cccc(C(C(C)N)n2ccnc2C#N)c1. The second kappa shape index (κ2) is 5.03. The van der Waals surface area contributed by atoms with E-state index in [1.54, 1.807) is 12.4 Å². The van der Waals surface area contributed by atoms with Gasteiger partial charge >= 0.3 is 0 Å². The molecule has 0 saturated heterocycles. The summed E-state index contributed by atoms with van der Waals surface area (Å²) in [5.41, 5.74) is 8.35. The van der Waals surface area contributed by atoms with Gasteiger partial charge in [-0.15, -0.1) is 0 Å². The van der Waals surface area contributed by atoms with Crippen LogP contribution in [-0.2, 0) is 0 Å². The smallest absolute Gasteiger partial charge is 0.213 e. The van der Waals surface area contributed by atoms with Gasteiger partial charge in [0.25, 0.3) is 0 Å². The van der Waals surface area contributed by atoms with Crippen LogP contribution >= 0.6 is 0 Å². The van der Waals surface area contributed by atoms with Gasteiger partial charge in [-0.05, 0) is 19.4 Å². The van der Waals surface area contributed by atoms with Crippen molar-refractivity contribution in [1.82, 2.24) is 9.55 Å². The van der Waals surface area contributed by atoms with Crippen molar-refractivity contribution in [1.29, 1.82) is 5.26 Å². The summed E-state index contributed by atoms with van der Waals surface area (Å²) in [5.74, 6) is 0.388. The lowest BCUT2D eigenvalue weighted by Crippen LogP contribution is -2.30. The first-order valence-electron chi connectivity index (χ1n) is 5.88. The van der Waals surface area contributed by atoms with E-state index in [0.29, 0.717) is 5.82 Å². The number of rotatable bonds is 3. The van der Waals surface area contributed by atoms with Crippen molar-refractivity contribution < 1.29 is 0 Å². The van der Waals surface area contributed by atoms with Gasteiger partial charge in [-0.25, -0.2) is 4.98 Å². The van der Waals surface area contributed by atoms with Crippen LogP contribution in [0, 0.1) is 18.3 Å². The maximum atomic E-state index is 9.07. The molecule has 0 saturated carbocycles. The normalized spacial score (nSPS) is 13.9. The predicted molar refractivity (Wildman–Crippen MR) is 69.9 cm³/mol. The van der Waals surface area contributed by atoms with Gasteiger partial charge in [-0.3, -0.25) is 0 Å². The molecule has 0 aliphatic heterocycles. The Kier molecular flexibility index (Phi) is 3.45. The summed E-state index contributed by atoms with van der Waals surface area (Å²) in [5, 5.41) is 9.07. The molecule has 1 heterocycles. The van der Waals surface area contributed by atoms with Gasteiger partial charge in [0, 0.05) is 18.4 Å². The zero-order valence-corrected chi connectivity index (χ0v) is 10.5. The lowest BCUT2D eigenvalue weighted by molar-refractivity contribution is 0.492. The van der Waals surface area contributed by atoms with Crippen molar-refractivity contribution in [3.8, 4) is 6.07 Å². The van der Waals surface area contributed by atoms with Crippen molar-refractivity contribution in [2.45, 2.75) is 25.9 Å². The first-order chi connectivity index (χ1) is 8.63. The number of aromatic nitrogens is 2. The molecule has 4 heteroatoms. The van der Waals surface area contributed by atoms with E-state index in [9.17, 15) is 0 Å². The molecule has 0 amide bonds. The van der Waals surface area contributed by atoms with E-state index in [2.05, 4.69) is 17.1 Å². The first kappa shape index (κ1) is 12.3. The van der Waals surface area contributed by atoms with Crippen molar-refractivity contribution >= 4 is 0 Å². The van der Waals surface area contributed by atoms with Crippen LogP contribution in [0.2, 0.25) is 0 Å². The highest BCUT2D eigenvalue weighted by Gasteiger charge is 2.20. The Hall–Kier alpha value is -2.12. The average molecular weight is 240 g/mol. The first-order valence-corrected chi connectivity index (χ1v) is 5.88. The van der Waals surface area contributed by atoms with Gasteiger partial charge in [0.1, 0.15) is 6.07 Å². The van der Waals surface area contributed by atoms with Crippen LogP contribution in [0.15, 0.2) is 36.7 Å². The van der Waals surface area contributed by atoms with E-state index < -0.39 is 0 Å². The van der Waals surface area contributed by atoms with E-state index >= 15 is 0 Å². The molecule has 18 heavy (non-hydrogen) atoms. The average Bonchev–Trinajstić information content (AvgIpc) is 2.77. The van der Waals surface area contributed by atoms with Gasteiger partial charge in [-0.1, -0.05) is 29.8 Å². The van der Waals surface area contributed by atoms with E-state index in [0.717, 1.165) is 5.56 Å². The molecule has 0 bridgehead atoms. The molecule has 0 radical (unpaired) electrons. The highest BCUT2D eigenvalue weighted by Crippen LogP contribution is 2.23. The van der Waals surface area contributed by atoms with Crippen LogP contribution in [0.1, 0.15) is 29.9 Å². The topological polar surface area (TPSA) is 67.6 Å². The Morgan fingerprint density at radius 3 is 2.83 bits per heavy atom. The number of hydrogen-bond donors (Lipinski definition) is 1. The largest absolute Gasteiger partial charge is 0.326 e. The van der Waals surface area contributed by atoms with E-state index in [4.69, 9.17) is 11.0 Å². The van der Waals surface area contributed by atoms with Gasteiger partial charge in [0.05, 0.1) is 6.04 Å². The molecule has 2 N–H and O–H groups in total. The molecule has 0 aliphatic rings. The molecule has 0 aliphatic carbocycles. The molecule has 0 fully saturated rings. The molecule has 2 atom stereocenters. The van der Waals surface area contributed by atoms with Crippen LogP contribution in [-0.4, -0.2) is 15.6 Å². The van der Waals surface area contributed by atoms with Crippen molar-refractivity contribution in [3.63, 3.8) is 0 Å². The molecular formula is C14H16N4. The molecule has 1 aromatic heterocycles. The van der Waals surface area contributed by atoms with Crippen LogP contribution in [0.25, 0.3) is 0 Å². The van der Waals surface area contributed by atoms with Gasteiger partial charge in [-0.2, -0.15) is 5.26 Å². The third kappa shape index (κ3) is 2.27. The zero-order valence-electron chi connectivity index (χ0n) is 10.5. The summed E-state index contributed by atoms with van der Waals surface area (Å²) in [4.78, 5) is 4.03. The van der Waals surface area contributed by atoms with E-state index in [-0.39, 0.29) is 12.1 Å². The molecule has 92 valence electrons. The molecule has 0 spiro atoms. The second-order valence-corrected chi connectivity index (χ2v) is 4.49. The number of benzene rings is 1. The molecule has 2 rings (SSSR count). The summed E-state index contributed by atoms with van der Waals surface area (Å²) in [6, 6.07) is 10.1. The standard InChI is InChI=1S/C14H16N4/c1-10-4-3-5-12(8-10)14(11(2)16)18-7-6-17-13(18)9-15/h3-8,11,14H,16H2,1-2H3.